The molecule has 13 heavy (non-hydrogen) atoms. The lowest BCUT2D eigenvalue weighted by molar-refractivity contribution is 0.581. The van der Waals surface area contributed by atoms with Gasteiger partial charge >= 0.3 is 0 Å². The third-order valence-electron chi connectivity index (χ3n) is 3.11. The van der Waals surface area contributed by atoms with Crippen molar-refractivity contribution in [1.82, 2.24) is 5.32 Å². The summed E-state index contributed by atoms with van der Waals surface area (Å²) in [6.45, 7) is 15.4. The lowest BCUT2D eigenvalue weighted by atomic mass is 10.4. The molecule has 0 heterocycles. The zero-order chi connectivity index (χ0) is 10.5. The number of hydrogen-bond acceptors (Lipinski definition) is 1. The Morgan fingerprint density at radius 3 is 2.00 bits per heavy atom. The van der Waals surface area contributed by atoms with E-state index in [2.05, 4.69) is 46.1 Å². The second-order valence-electron chi connectivity index (χ2n) is 5.36. The van der Waals surface area contributed by atoms with Crippen molar-refractivity contribution in [3.05, 3.63) is 0 Å². The van der Waals surface area contributed by atoms with Gasteiger partial charge in [-0.05, 0) is 13.0 Å². The first-order valence-corrected chi connectivity index (χ1v) is 8.88. The molecule has 0 saturated heterocycles. The summed E-state index contributed by atoms with van der Waals surface area (Å²) in [5.41, 5.74) is 0.923. The Labute approximate surface area is 85.3 Å². The minimum atomic E-state index is -0.893. The van der Waals surface area contributed by atoms with Gasteiger partial charge in [0.15, 0.2) is 0 Å². The molecule has 0 aliphatic rings. The Hall–Kier alpha value is 0.177. The van der Waals surface area contributed by atoms with Crippen molar-refractivity contribution in [1.29, 1.82) is 0 Å². The Balaban J connectivity index is 3.52. The van der Waals surface area contributed by atoms with Gasteiger partial charge < -0.3 is 5.32 Å². The summed E-state index contributed by atoms with van der Waals surface area (Å²) in [6, 6.07) is 2.11. The molecule has 80 valence electrons. The maximum absolute atomic E-state index is 3.48. The van der Waals surface area contributed by atoms with Crippen LogP contribution in [0.1, 0.15) is 34.1 Å². The maximum atomic E-state index is 3.48. The second-order valence-corrected chi connectivity index (χ2v) is 11.0. The Kier molecular flexibility index (Phi) is 5.89. The van der Waals surface area contributed by atoms with Crippen LogP contribution < -0.4 is 5.32 Å². The first-order valence-electron chi connectivity index (χ1n) is 5.59. The highest BCUT2D eigenvalue weighted by atomic mass is 28.3. The molecule has 1 nitrogen and oxygen atoms in total. The molecule has 0 rings (SSSR count). The van der Waals surface area contributed by atoms with E-state index in [-0.39, 0.29) is 0 Å². The van der Waals surface area contributed by atoms with Crippen LogP contribution in [0, 0.1) is 0 Å². The van der Waals surface area contributed by atoms with Gasteiger partial charge in [0.05, 0.1) is 0 Å². The summed E-state index contributed by atoms with van der Waals surface area (Å²) in [7, 11) is -0.893. The van der Waals surface area contributed by atoms with Crippen LogP contribution in [0.4, 0.5) is 0 Å². The van der Waals surface area contributed by atoms with Crippen LogP contribution in [-0.4, -0.2) is 20.7 Å². The quantitative estimate of drug-likeness (QED) is 0.512. The fraction of sp³-hybridized carbons (Fsp3) is 1.00. The number of rotatable bonds is 6. The Morgan fingerprint density at radius 2 is 1.62 bits per heavy atom. The maximum Gasteiger partial charge on any atom is 0.0499 e. The van der Waals surface area contributed by atoms with E-state index in [1.54, 1.807) is 0 Å². The summed E-state index contributed by atoms with van der Waals surface area (Å²) >= 11 is 0. The van der Waals surface area contributed by atoms with Crippen molar-refractivity contribution >= 4 is 8.07 Å². The molecule has 0 unspecified atom stereocenters. The number of hydrogen-bond donors (Lipinski definition) is 1. The van der Waals surface area contributed by atoms with Gasteiger partial charge in [-0.25, -0.2) is 0 Å². The third kappa shape index (κ3) is 6.27. The van der Waals surface area contributed by atoms with Crippen molar-refractivity contribution < 1.29 is 0 Å². The van der Waals surface area contributed by atoms with Crippen LogP contribution in [0.2, 0.25) is 24.7 Å². The summed E-state index contributed by atoms with van der Waals surface area (Å²) in [5, 5.41) is 3.48. The van der Waals surface area contributed by atoms with E-state index in [1.807, 2.05) is 0 Å². The highest BCUT2D eigenvalue weighted by Crippen LogP contribution is 2.25. The van der Waals surface area contributed by atoms with E-state index < -0.39 is 8.07 Å². The fourth-order valence-electron chi connectivity index (χ4n) is 1.22. The average molecular weight is 201 g/mol. The van der Waals surface area contributed by atoms with Gasteiger partial charge in [0.1, 0.15) is 0 Å². The lowest BCUT2D eigenvalue weighted by Gasteiger charge is -2.27. The molecule has 0 aromatic rings. The molecule has 2 heteroatoms. The van der Waals surface area contributed by atoms with Crippen molar-refractivity contribution in [2.75, 3.05) is 6.54 Å². The monoisotopic (exact) mass is 201 g/mol. The molecular formula is C11H27NSi. The highest BCUT2D eigenvalue weighted by molar-refractivity contribution is 6.78. The molecular weight excluding hydrogens is 174 g/mol. The van der Waals surface area contributed by atoms with Crippen LogP contribution >= 0.6 is 0 Å². The van der Waals surface area contributed by atoms with Gasteiger partial charge in [-0.15, -0.1) is 0 Å². The molecule has 0 aromatic heterocycles. The summed E-state index contributed by atoms with van der Waals surface area (Å²) in [5.74, 6) is 0. The predicted octanol–water partition coefficient (Wildman–Crippen LogP) is 3.49. The molecule has 0 fully saturated rings. The van der Waals surface area contributed by atoms with E-state index >= 15 is 0 Å². The molecule has 0 aromatic carbocycles. The largest absolute Gasteiger partial charge is 0.315 e. The van der Waals surface area contributed by atoms with Gasteiger partial charge in [-0.2, -0.15) is 0 Å². The molecule has 0 bridgehead atoms. The smallest absolute Gasteiger partial charge is 0.0499 e. The molecule has 0 saturated carbocycles. The third-order valence-corrected chi connectivity index (χ3v) is 7.88. The minimum absolute atomic E-state index is 0.642. The van der Waals surface area contributed by atoms with Gasteiger partial charge in [-0.3, -0.25) is 0 Å². The normalized spacial score (nSPS) is 12.9. The molecule has 0 spiro atoms. The molecule has 1 N–H and O–H groups in total. The van der Waals surface area contributed by atoms with E-state index in [1.165, 1.54) is 19.0 Å². The van der Waals surface area contributed by atoms with Crippen LogP contribution in [0.3, 0.4) is 0 Å². The average Bonchev–Trinajstić information content (AvgIpc) is 1.97. The van der Waals surface area contributed by atoms with Crippen molar-refractivity contribution in [3.8, 4) is 0 Å². The van der Waals surface area contributed by atoms with Gasteiger partial charge in [0.2, 0.25) is 0 Å². The molecule has 0 atom stereocenters. The first kappa shape index (κ1) is 13.2. The van der Waals surface area contributed by atoms with Gasteiger partial charge in [-0.1, -0.05) is 52.4 Å². The number of nitrogens with one attached hydrogen (secondary N) is 1. The molecule has 0 amide bonds. The van der Waals surface area contributed by atoms with Crippen molar-refractivity contribution in [3.63, 3.8) is 0 Å². The van der Waals surface area contributed by atoms with Crippen LogP contribution in [0.5, 0.6) is 0 Å². The minimum Gasteiger partial charge on any atom is -0.315 e. The van der Waals surface area contributed by atoms with Gasteiger partial charge in [0, 0.05) is 14.1 Å². The van der Waals surface area contributed by atoms with Crippen LogP contribution in [-0.2, 0) is 0 Å². The second kappa shape index (κ2) is 5.81. The fourth-order valence-corrected chi connectivity index (χ4v) is 2.89. The Bertz CT molecular complexity index is 130. The molecule has 0 aliphatic heterocycles. The van der Waals surface area contributed by atoms with Crippen molar-refractivity contribution in [2.45, 2.75) is 64.8 Å². The standard InChI is InChI=1S/C11H27NSi/c1-10(2)12-8-7-9-13(5,6)11(3)4/h10-12H,7-9H2,1-6H3. The van der Waals surface area contributed by atoms with E-state index in [4.69, 9.17) is 0 Å². The SMILES string of the molecule is CC(C)NCCC[Si](C)(C)C(C)C. The molecule has 0 aliphatic carbocycles. The predicted molar refractivity (Wildman–Crippen MR) is 65.1 cm³/mol. The van der Waals surface area contributed by atoms with E-state index in [0.717, 1.165) is 5.54 Å². The van der Waals surface area contributed by atoms with Crippen molar-refractivity contribution in [2.24, 2.45) is 0 Å². The first-order chi connectivity index (χ1) is 5.86. The topological polar surface area (TPSA) is 12.0 Å². The zero-order valence-electron chi connectivity index (χ0n) is 10.3. The van der Waals surface area contributed by atoms with E-state index in [9.17, 15) is 0 Å². The van der Waals surface area contributed by atoms with Crippen LogP contribution in [0.25, 0.3) is 0 Å². The Morgan fingerprint density at radius 1 is 1.08 bits per heavy atom. The summed E-state index contributed by atoms with van der Waals surface area (Å²) in [6.07, 6.45) is 1.36. The summed E-state index contributed by atoms with van der Waals surface area (Å²) in [4.78, 5) is 0. The molecule has 0 radical (unpaired) electrons. The van der Waals surface area contributed by atoms with Gasteiger partial charge in [0.25, 0.3) is 0 Å². The summed E-state index contributed by atoms with van der Waals surface area (Å²) < 4.78 is 0. The zero-order valence-corrected chi connectivity index (χ0v) is 11.3. The lowest BCUT2D eigenvalue weighted by Crippen LogP contribution is -2.31. The van der Waals surface area contributed by atoms with Crippen LogP contribution in [0.15, 0.2) is 0 Å². The van der Waals surface area contributed by atoms with E-state index in [0.29, 0.717) is 6.04 Å². The highest BCUT2D eigenvalue weighted by Gasteiger charge is 2.23.